The van der Waals surface area contributed by atoms with Gasteiger partial charge in [0, 0.05) is 29.5 Å². The average molecular weight is 392 g/mol. The van der Waals surface area contributed by atoms with E-state index < -0.39 is 29.6 Å². The largest absolute Gasteiger partial charge is 0.618 e. The molecule has 0 spiro atoms. The Balaban J connectivity index is 2.47. The molecule has 0 saturated carbocycles. The number of pyridine rings is 1. The Kier molecular flexibility index (Phi) is 6.90. The molecule has 0 aliphatic heterocycles. The first-order valence-electron chi connectivity index (χ1n) is 8.01. The van der Waals surface area contributed by atoms with Crippen LogP contribution < -0.4 is 4.73 Å². The fourth-order valence-electron chi connectivity index (χ4n) is 2.77. The zero-order valence-electron chi connectivity index (χ0n) is 14.8. The molecule has 0 fully saturated rings. The topological polar surface area (TPSA) is 96.6 Å². The van der Waals surface area contributed by atoms with Crippen molar-refractivity contribution in [2.24, 2.45) is 5.92 Å². The Morgan fingerprint density at radius 1 is 1.04 bits per heavy atom. The molecule has 2 aromatic rings. The van der Waals surface area contributed by atoms with Gasteiger partial charge in [0.1, 0.15) is 0 Å². The second-order valence-corrected chi connectivity index (χ2v) is 6.16. The predicted molar refractivity (Wildman–Crippen MR) is 96.1 cm³/mol. The summed E-state index contributed by atoms with van der Waals surface area (Å²) in [4.78, 5) is 37.2. The molecule has 2 rings (SSSR count). The van der Waals surface area contributed by atoms with E-state index in [4.69, 9.17) is 21.1 Å². The van der Waals surface area contributed by atoms with E-state index in [0.29, 0.717) is 15.3 Å². The number of ketones is 1. The van der Waals surface area contributed by atoms with E-state index in [-0.39, 0.29) is 12.1 Å². The minimum atomic E-state index is -1.37. The highest BCUT2D eigenvalue weighted by molar-refractivity contribution is 6.30. The van der Waals surface area contributed by atoms with Crippen molar-refractivity contribution in [2.45, 2.75) is 12.3 Å². The van der Waals surface area contributed by atoms with E-state index >= 15 is 0 Å². The van der Waals surface area contributed by atoms with Crippen molar-refractivity contribution >= 4 is 29.3 Å². The molecule has 142 valence electrons. The molecule has 1 aromatic carbocycles. The predicted octanol–water partition coefficient (Wildman–Crippen LogP) is 2.29. The second kappa shape index (κ2) is 9.14. The van der Waals surface area contributed by atoms with Gasteiger partial charge in [0.15, 0.2) is 12.1 Å². The number of aromatic nitrogens is 1. The van der Waals surface area contributed by atoms with E-state index in [0.717, 1.165) is 14.2 Å². The van der Waals surface area contributed by atoms with Crippen LogP contribution in [0.4, 0.5) is 0 Å². The first-order valence-corrected chi connectivity index (χ1v) is 8.39. The maximum absolute atomic E-state index is 12.7. The number of ether oxygens (including phenoxy) is 2. The molecule has 0 aliphatic rings. The lowest BCUT2D eigenvalue weighted by atomic mass is 9.81. The average Bonchev–Trinajstić information content (AvgIpc) is 2.67. The van der Waals surface area contributed by atoms with E-state index in [1.807, 2.05) is 0 Å². The Hall–Kier alpha value is -2.93. The number of halogens is 1. The van der Waals surface area contributed by atoms with Crippen LogP contribution in [0, 0.1) is 11.1 Å². The van der Waals surface area contributed by atoms with Crippen molar-refractivity contribution in [3.63, 3.8) is 0 Å². The van der Waals surface area contributed by atoms with Crippen LogP contribution in [0.5, 0.6) is 0 Å². The molecule has 27 heavy (non-hydrogen) atoms. The number of Topliss-reactive ketones (excluding diaryl/α,β-unsaturated/α-hetero) is 1. The molecular weight excluding hydrogens is 374 g/mol. The van der Waals surface area contributed by atoms with Gasteiger partial charge >= 0.3 is 11.9 Å². The first kappa shape index (κ1) is 20.4. The van der Waals surface area contributed by atoms with Crippen molar-refractivity contribution in [1.82, 2.24) is 0 Å². The SMILES string of the molecule is COC(=O)C(C(=O)OC)[C@H](CC(=O)c1cccc[n+]1[O-])c1ccc(Cl)cc1. The number of carbonyl (C=O) groups is 3. The number of rotatable bonds is 7. The quantitative estimate of drug-likeness (QED) is 0.236. The maximum Gasteiger partial charge on any atom is 0.320 e. The normalized spacial score (nSPS) is 11.7. The van der Waals surface area contributed by atoms with Crippen molar-refractivity contribution in [1.29, 1.82) is 0 Å². The lowest BCUT2D eigenvalue weighted by Gasteiger charge is -2.23. The van der Waals surface area contributed by atoms with Crippen LogP contribution in [0.25, 0.3) is 0 Å². The summed E-state index contributed by atoms with van der Waals surface area (Å²) in [6.07, 6.45) is 0.922. The molecule has 1 heterocycles. The smallest absolute Gasteiger partial charge is 0.320 e. The molecule has 1 atom stereocenters. The van der Waals surface area contributed by atoms with Crippen molar-refractivity contribution in [3.05, 3.63) is 70.1 Å². The summed E-state index contributed by atoms with van der Waals surface area (Å²) in [6, 6.07) is 10.8. The third-order valence-electron chi connectivity index (χ3n) is 4.13. The summed E-state index contributed by atoms with van der Waals surface area (Å²) >= 11 is 5.90. The number of nitrogens with zero attached hydrogens (tertiary/aromatic N) is 1. The lowest BCUT2D eigenvalue weighted by molar-refractivity contribution is -0.607. The monoisotopic (exact) mass is 391 g/mol. The third kappa shape index (κ3) is 4.83. The number of methoxy groups -OCH3 is 2. The van der Waals surface area contributed by atoms with E-state index in [2.05, 4.69) is 0 Å². The van der Waals surface area contributed by atoms with Crippen LogP contribution in [0.15, 0.2) is 48.7 Å². The van der Waals surface area contributed by atoms with Crippen LogP contribution in [0.3, 0.4) is 0 Å². The summed E-state index contributed by atoms with van der Waals surface area (Å²) in [6.45, 7) is 0. The van der Waals surface area contributed by atoms with Gasteiger partial charge in [-0.25, -0.2) is 0 Å². The highest BCUT2D eigenvalue weighted by atomic mass is 35.5. The van der Waals surface area contributed by atoms with Crippen molar-refractivity contribution < 1.29 is 28.6 Å². The highest BCUT2D eigenvalue weighted by Gasteiger charge is 2.40. The molecule has 0 aliphatic carbocycles. The molecular formula is C19H18ClNO6. The highest BCUT2D eigenvalue weighted by Crippen LogP contribution is 2.32. The van der Waals surface area contributed by atoms with E-state index in [1.54, 1.807) is 30.3 Å². The minimum absolute atomic E-state index is 0.0926. The Morgan fingerprint density at radius 3 is 2.15 bits per heavy atom. The Morgan fingerprint density at radius 2 is 1.63 bits per heavy atom. The summed E-state index contributed by atoms with van der Waals surface area (Å²) < 4.78 is 9.89. The number of carbonyl (C=O) groups excluding carboxylic acids is 3. The van der Waals surface area contributed by atoms with Crippen LogP contribution in [-0.4, -0.2) is 31.9 Å². The molecule has 0 bridgehead atoms. The summed E-state index contributed by atoms with van der Waals surface area (Å²) in [7, 11) is 2.28. The summed E-state index contributed by atoms with van der Waals surface area (Å²) in [5, 5.41) is 12.3. The van der Waals surface area contributed by atoms with E-state index in [9.17, 15) is 19.6 Å². The molecule has 0 amide bonds. The third-order valence-corrected chi connectivity index (χ3v) is 4.38. The van der Waals surface area contributed by atoms with Gasteiger partial charge in [-0.15, -0.1) is 0 Å². The number of hydrogen-bond acceptors (Lipinski definition) is 6. The Labute approximate surface area is 161 Å². The molecule has 0 unspecified atom stereocenters. The van der Waals surface area contributed by atoms with Gasteiger partial charge in [-0.2, -0.15) is 4.73 Å². The maximum atomic E-state index is 12.7. The van der Waals surface area contributed by atoms with Gasteiger partial charge in [0.05, 0.1) is 14.2 Å². The van der Waals surface area contributed by atoms with Gasteiger partial charge < -0.3 is 14.7 Å². The van der Waals surface area contributed by atoms with E-state index in [1.165, 1.54) is 18.3 Å². The van der Waals surface area contributed by atoms with Gasteiger partial charge in [-0.3, -0.25) is 14.4 Å². The van der Waals surface area contributed by atoms with Crippen molar-refractivity contribution in [3.8, 4) is 0 Å². The standard InChI is InChI=1S/C19H18ClNO6/c1-26-18(23)17(19(24)27-2)14(12-6-8-13(20)9-7-12)11-16(22)15-5-3-4-10-21(15)25/h3-10,14,17H,11H2,1-2H3/t14-/m1/s1. The first-order chi connectivity index (χ1) is 12.9. The fourth-order valence-corrected chi connectivity index (χ4v) is 2.89. The zero-order chi connectivity index (χ0) is 20.0. The number of benzene rings is 1. The fraction of sp³-hybridized carbons (Fsp3) is 0.263. The van der Waals surface area contributed by atoms with Gasteiger partial charge in [-0.1, -0.05) is 23.7 Å². The molecule has 1 aromatic heterocycles. The second-order valence-electron chi connectivity index (χ2n) is 5.72. The molecule has 0 radical (unpaired) electrons. The van der Waals surface area contributed by atoms with Gasteiger partial charge in [0.25, 0.3) is 5.69 Å². The number of hydrogen-bond donors (Lipinski definition) is 0. The van der Waals surface area contributed by atoms with Crippen LogP contribution in [0.2, 0.25) is 5.02 Å². The Bertz CT molecular complexity index is 820. The summed E-state index contributed by atoms with van der Waals surface area (Å²) in [5.41, 5.74) is 0.423. The van der Waals surface area contributed by atoms with Gasteiger partial charge in [0.2, 0.25) is 5.78 Å². The molecule has 0 N–H and O–H groups in total. The van der Waals surface area contributed by atoms with Gasteiger partial charge in [-0.05, 0) is 23.8 Å². The molecule has 0 saturated heterocycles. The molecule has 7 nitrogen and oxygen atoms in total. The van der Waals surface area contributed by atoms with Crippen LogP contribution in [-0.2, 0) is 19.1 Å². The van der Waals surface area contributed by atoms with Crippen molar-refractivity contribution in [2.75, 3.05) is 14.2 Å². The zero-order valence-corrected chi connectivity index (χ0v) is 15.5. The van der Waals surface area contributed by atoms with Crippen LogP contribution in [0.1, 0.15) is 28.4 Å². The minimum Gasteiger partial charge on any atom is -0.618 e. The summed E-state index contributed by atoms with van der Waals surface area (Å²) in [5.74, 6) is -4.46. The number of esters is 2. The molecule has 8 heteroatoms. The lowest BCUT2D eigenvalue weighted by Crippen LogP contribution is -2.37. The van der Waals surface area contributed by atoms with Crippen LogP contribution >= 0.6 is 11.6 Å².